The van der Waals surface area contributed by atoms with Gasteiger partial charge in [0.25, 0.3) is 0 Å². The number of aromatic nitrogens is 2. The molecule has 4 heteroatoms. The van der Waals surface area contributed by atoms with Crippen molar-refractivity contribution in [2.24, 2.45) is 0 Å². The highest BCUT2D eigenvalue weighted by molar-refractivity contribution is 5.33. The van der Waals surface area contributed by atoms with Crippen LogP contribution in [0.25, 0.3) is 5.69 Å². The van der Waals surface area contributed by atoms with Gasteiger partial charge < -0.3 is 5.32 Å². The predicted octanol–water partition coefficient (Wildman–Crippen LogP) is 2.66. The Morgan fingerprint density at radius 3 is 2.74 bits per heavy atom. The molecule has 0 spiro atoms. The molecule has 2 aromatic rings. The fraction of sp³-hybridized carbons (Fsp3) is 0.333. The van der Waals surface area contributed by atoms with Crippen LogP contribution in [0.1, 0.15) is 24.8 Å². The number of rotatable bonds is 7. The summed E-state index contributed by atoms with van der Waals surface area (Å²) in [5, 5.41) is 16.0. The Morgan fingerprint density at radius 2 is 2.05 bits per heavy atom. The number of benzene rings is 1. The third-order valence-corrected chi connectivity index (χ3v) is 2.93. The van der Waals surface area contributed by atoms with E-state index in [2.05, 4.69) is 40.8 Å². The van der Waals surface area contributed by atoms with E-state index in [4.69, 9.17) is 5.26 Å². The van der Waals surface area contributed by atoms with Gasteiger partial charge in [-0.3, -0.25) is 0 Å². The molecule has 4 nitrogen and oxygen atoms in total. The first-order valence-corrected chi connectivity index (χ1v) is 6.57. The molecule has 0 aliphatic heterocycles. The molecule has 0 saturated carbocycles. The third kappa shape index (κ3) is 4.23. The lowest BCUT2D eigenvalue weighted by Crippen LogP contribution is -2.14. The van der Waals surface area contributed by atoms with Gasteiger partial charge in [-0.05, 0) is 43.1 Å². The highest BCUT2D eigenvalue weighted by atomic mass is 15.3. The van der Waals surface area contributed by atoms with Crippen LogP contribution in [0.3, 0.4) is 0 Å². The van der Waals surface area contributed by atoms with E-state index in [0.29, 0.717) is 6.42 Å². The summed E-state index contributed by atoms with van der Waals surface area (Å²) in [4.78, 5) is 0. The quantitative estimate of drug-likeness (QED) is 0.773. The van der Waals surface area contributed by atoms with Crippen LogP contribution in [-0.2, 0) is 6.54 Å². The van der Waals surface area contributed by atoms with Crippen molar-refractivity contribution < 1.29 is 0 Å². The molecule has 1 aromatic carbocycles. The topological polar surface area (TPSA) is 53.6 Å². The van der Waals surface area contributed by atoms with Crippen LogP contribution >= 0.6 is 0 Å². The van der Waals surface area contributed by atoms with Gasteiger partial charge >= 0.3 is 0 Å². The summed E-state index contributed by atoms with van der Waals surface area (Å²) in [6, 6.07) is 12.4. The molecule has 1 N–H and O–H groups in total. The van der Waals surface area contributed by atoms with E-state index in [9.17, 15) is 0 Å². The predicted molar refractivity (Wildman–Crippen MR) is 74.7 cm³/mol. The van der Waals surface area contributed by atoms with Crippen molar-refractivity contribution in [3.8, 4) is 11.8 Å². The average molecular weight is 254 g/mol. The van der Waals surface area contributed by atoms with E-state index < -0.39 is 0 Å². The van der Waals surface area contributed by atoms with Gasteiger partial charge in [0.15, 0.2) is 0 Å². The van der Waals surface area contributed by atoms with Crippen LogP contribution in [0.2, 0.25) is 0 Å². The molecule has 0 fully saturated rings. The summed E-state index contributed by atoms with van der Waals surface area (Å²) in [6.07, 6.45) is 6.39. The van der Waals surface area contributed by atoms with E-state index in [1.165, 1.54) is 5.56 Å². The van der Waals surface area contributed by atoms with Gasteiger partial charge in [-0.25, -0.2) is 4.68 Å². The molecule has 0 atom stereocenters. The normalized spacial score (nSPS) is 10.3. The standard InChI is InChI=1S/C15H18N4/c16-9-2-1-3-10-17-13-14-5-7-15(8-6-14)19-12-4-11-18-19/h4-8,11-12,17H,1-3,10,13H2. The molecule has 1 heterocycles. The summed E-state index contributed by atoms with van der Waals surface area (Å²) in [5.41, 5.74) is 2.33. The first kappa shape index (κ1) is 13.3. The monoisotopic (exact) mass is 254 g/mol. The first-order valence-electron chi connectivity index (χ1n) is 6.57. The molecule has 0 aliphatic rings. The van der Waals surface area contributed by atoms with Gasteiger partial charge in [0.2, 0.25) is 0 Å². The highest BCUT2D eigenvalue weighted by Crippen LogP contribution is 2.08. The highest BCUT2D eigenvalue weighted by Gasteiger charge is 1.97. The molecule has 98 valence electrons. The van der Waals surface area contributed by atoms with Crippen LogP contribution in [0.15, 0.2) is 42.7 Å². The van der Waals surface area contributed by atoms with Gasteiger partial charge in [0.05, 0.1) is 11.8 Å². The Labute approximate surface area is 113 Å². The molecule has 0 amide bonds. The Bertz CT molecular complexity index is 508. The Balaban J connectivity index is 1.75. The summed E-state index contributed by atoms with van der Waals surface area (Å²) in [5.74, 6) is 0. The van der Waals surface area contributed by atoms with E-state index in [-0.39, 0.29) is 0 Å². The van der Waals surface area contributed by atoms with Crippen molar-refractivity contribution in [1.82, 2.24) is 15.1 Å². The van der Waals surface area contributed by atoms with Crippen molar-refractivity contribution in [3.63, 3.8) is 0 Å². The van der Waals surface area contributed by atoms with Crippen LogP contribution in [0.5, 0.6) is 0 Å². The van der Waals surface area contributed by atoms with E-state index in [1.807, 2.05) is 16.9 Å². The largest absolute Gasteiger partial charge is 0.313 e. The molecule has 0 saturated heterocycles. The second-order valence-electron chi connectivity index (χ2n) is 4.41. The van der Waals surface area contributed by atoms with Crippen molar-refractivity contribution >= 4 is 0 Å². The lowest BCUT2D eigenvalue weighted by atomic mass is 10.2. The number of nitrogens with zero attached hydrogens (tertiary/aromatic N) is 3. The summed E-state index contributed by atoms with van der Waals surface area (Å²) in [6.45, 7) is 1.83. The first-order chi connectivity index (χ1) is 9.40. The zero-order chi connectivity index (χ0) is 13.3. The second kappa shape index (κ2) is 7.34. The maximum absolute atomic E-state index is 8.43. The molecule has 0 aliphatic carbocycles. The Kier molecular flexibility index (Phi) is 5.15. The molecule has 0 radical (unpaired) electrons. The van der Waals surface area contributed by atoms with Gasteiger partial charge in [0.1, 0.15) is 0 Å². The summed E-state index contributed by atoms with van der Waals surface area (Å²) < 4.78 is 1.85. The number of nitrogens with one attached hydrogen (secondary N) is 1. The fourth-order valence-corrected chi connectivity index (χ4v) is 1.87. The zero-order valence-electron chi connectivity index (χ0n) is 10.9. The maximum Gasteiger partial charge on any atom is 0.0645 e. The van der Waals surface area contributed by atoms with Crippen LogP contribution in [-0.4, -0.2) is 16.3 Å². The van der Waals surface area contributed by atoms with E-state index in [1.54, 1.807) is 6.20 Å². The molecular weight excluding hydrogens is 236 g/mol. The Hall–Kier alpha value is -2.12. The fourth-order valence-electron chi connectivity index (χ4n) is 1.87. The molecular formula is C15H18N4. The lowest BCUT2D eigenvalue weighted by molar-refractivity contribution is 0.628. The number of unbranched alkanes of at least 4 members (excludes halogenated alkanes) is 2. The molecule has 1 aromatic heterocycles. The van der Waals surface area contributed by atoms with Crippen LogP contribution in [0.4, 0.5) is 0 Å². The van der Waals surface area contributed by atoms with Crippen LogP contribution in [0, 0.1) is 11.3 Å². The molecule has 0 bridgehead atoms. The minimum atomic E-state index is 0.653. The molecule has 2 rings (SSSR count). The average Bonchev–Trinajstić information content (AvgIpc) is 2.97. The smallest absolute Gasteiger partial charge is 0.0645 e. The summed E-state index contributed by atoms with van der Waals surface area (Å²) in [7, 11) is 0. The minimum Gasteiger partial charge on any atom is -0.313 e. The lowest BCUT2D eigenvalue weighted by Gasteiger charge is -2.06. The summed E-state index contributed by atoms with van der Waals surface area (Å²) >= 11 is 0. The number of nitriles is 1. The van der Waals surface area contributed by atoms with E-state index >= 15 is 0 Å². The van der Waals surface area contributed by atoms with Gasteiger partial charge in [-0.1, -0.05) is 12.1 Å². The van der Waals surface area contributed by atoms with E-state index in [0.717, 1.165) is 31.6 Å². The molecule has 0 unspecified atom stereocenters. The van der Waals surface area contributed by atoms with Crippen molar-refractivity contribution in [2.45, 2.75) is 25.8 Å². The maximum atomic E-state index is 8.43. The van der Waals surface area contributed by atoms with Crippen molar-refractivity contribution in [3.05, 3.63) is 48.3 Å². The van der Waals surface area contributed by atoms with Gasteiger partial charge in [-0.15, -0.1) is 0 Å². The van der Waals surface area contributed by atoms with Gasteiger partial charge in [0, 0.05) is 25.4 Å². The Morgan fingerprint density at radius 1 is 1.21 bits per heavy atom. The number of hydrogen-bond donors (Lipinski definition) is 1. The molecule has 19 heavy (non-hydrogen) atoms. The van der Waals surface area contributed by atoms with Crippen molar-refractivity contribution in [1.29, 1.82) is 5.26 Å². The van der Waals surface area contributed by atoms with Crippen molar-refractivity contribution in [2.75, 3.05) is 6.54 Å². The second-order valence-corrected chi connectivity index (χ2v) is 4.41. The zero-order valence-corrected chi connectivity index (χ0v) is 10.9. The number of hydrogen-bond acceptors (Lipinski definition) is 3. The third-order valence-electron chi connectivity index (χ3n) is 2.93. The van der Waals surface area contributed by atoms with Gasteiger partial charge in [-0.2, -0.15) is 10.4 Å². The minimum absolute atomic E-state index is 0.653. The SMILES string of the molecule is N#CCCCCNCc1ccc(-n2cccn2)cc1. The van der Waals surface area contributed by atoms with Crippen LogP contribution < -0.4 is 5.32 Å².